The molecule has 2 N–H and O–H groups in total. The van der Waals surface area contributed by atoms with Crippen LogP contribution in [-0.2, 0) is 0 Å². The highest BCUT2D eigenvalue weighted by Gasteiger charge is 2.19. The maximum Gasteiger partial charge on any atom is 0.254 e. The first-order valence-electron chi connectivity index (χ1n) is 3.92. The summed E-state index contributed by atoms with van der Waals surface area (Å²) in [5.74, 6) is 0.204. The van der Waals surface area contributed by atoms with Gasteiger partial charge in [0.15, 0.2) is 0 Å². The van der Waals surface area contributed by atoms with E-state index in [2.05, 4.69) is 15.5 Å². The fourth-order valence-corrected chi connectivity index (χ4v) is 0.855. The highest BCUT2D eigenvalue weighted by Crippen LogP contribution is 2.06. The first-order valence-corrected chi connectivity index (χ1v) is 4.46. The van der Waals surface area contributed by atoms with Crippen molar-refractivity contribution >= 4 is 17.5 Å². The molecule has 0 radical (unpaired) electrons. The Labute approximate surface area is 81.7 Å². The lowest BCUT2D eigenvalue weighted by Gasteiger charge is -2.22. The summed E-state index contributed by atoms with van der Waals surface area (Å²) in [4.78, 5) is 11.5. The number of hydrogen-bond acceptors (Lipinski definition) is 2. The van der Waals surface area contributed by atoms with Gasteiger partial charge in [0.2, 0.25) is 0 Å². The van der Waals surface area contributed by atoms with Gasteiger partial charge in [-0.1, -0.05) is 0 Å². The first kappa shape index (κ1) is 10.1. The molecule has 1 rings (SSSR count). The smallest absolute Gasteiger partial charge is 0.254 e. The third kappa shape index (κ3) is 2.73. The Hall–Kier alpha value is -1.03. The number of amides is 1. The van der Waals surface area contributed by atoms with E-state index in [1.807, 2.05) is 13.8 Å². The first-order chi connectivity index (χ1) is 6.05. The number of nitrogens with one attached hydrogen (secondary N) is 2. The van der Waals surface area contributed by atoms with Crippen molar-refractivity contribution in [1.29, 1.82) is 0 Å². The molecule has 0 unspecified atom stereocenters. The average Bonchev–Trinajstić information content (AvgIpc) is 2.55. The van der Waals surface area contributed by atoms with Gasteiger partial charge in [0.25, 0.3) is 5.91 Å². The molecule has 0 aliphatic carbocycles. The summed E-state index contributed by atoms with van der Waals surface area (Å²) in [6.45, 7) is 3.72. The summed E-state index contributed by atoms with van der Waals surface area (Å²) in [6, 6.07) is 0. The van der Waals surface area contributed by atoms with Crippen LogP contribution in [-0.4, -0.2) is 27.5 Å². The Balaban J connectivity index is 2.61. The molecule has 0 fully saturated rings. The highest BCUT2D eigenvalue weighted by atomic mass is 35.5. The predicted octanol–water partition coefficient (Wildman–Crippen LogP) is 1.16. The van der Waals surface area contributed by atoms with Gasteiger partial charge in [0.05, 0.1) is 11.8 Å². The SMILES string of the molecule is CC(C)(CCl)NC(=O)c1cn[nH]c1. The molecule has 0 atom stereocenters. The normalized spacial score (nSPS) is 11.3. The zero-order valence-corrected chi connectivity index (χ0v) is 8.35. The van der Waals surface area contributed by atoms with Crippen LogP contribution in [0.5, 0.6) is 0 Å². The Bertz CT molecular complexity index is 282. The summed E-state index contributed by atoms with van der Waals surface area (Å²) in [5.41, 5.74) is 0.119. The summed E-state index contributed by atoms with van der Waals surface area (Å²) in [7, 11) is 0. The molecule has 13 heavy (non-hydrogen) atoms. The predicted molar refractivity (Wildman–Crippen MR) is 50.9 cm³/mol. The molecule has 4 nitrogen and oxygen atoms in total. The number of hydrogen-bond donors (Lipinski definition) is 2. The summed E-state index contributed by atoms with van der Waals surface area (Å²) >= 11 is 5.66. The van der Waals surface area contributed by atoms with Crippen LogP contribution in [0.15, 0.2) is 12.4 Å². The van der Waals surface area contributed by atoms with Gasteiger partial charge < -0.3 is 5.32 Å². The quantitative estimate of drug-likeness (QED) is 0.721. The van der Waals surface area contributed by atoms with E-state index in [0.717, 1.165) is 0 Å². The van der Waals surface area contributed by atoms with E-state index >= 15 is 0 Å². The Morgan fingerprint density at radius 3 is 2.92 bits per heavy atom. The third-order valence-electron chi connectivity index (χ3n) is 1.55. The molecule has 0 spiro atoms. The van der Waals surface area contributed by atoms with Crippen molar-refractivity contribution in [1.82, 2.24) is 15.5 Å². The number of H-pyrrole nitrogens is 1. The molecule has 1 amide bonds. The molecule has 1 heterocycles. The highest BCUT2D eigenvalue weighted by molar-refractivity contribution is 6.18. The van der Waals surface area contributed by atoms with Crippen LogP contribution in [0.1, 0.15) is 24.2 Å². The Kier molecular flexibility index (Phi) is 2.93. The van der Waals surface area contributed by atoms with Gasteiger partial charge in [0.1, 0.15) is 0 Å². The van der Waals surface area contributed by atoms with E-state index in [4.69, 9.17) is 11.6 Å². The van der Waals surface area contributed by atoms with E-state index in [1.54, 1.807) is 6.20 Å². The summed E-state index contributed by atoms with van der Waals surface area (Å²) < 4.78 is 0. The minimum Gasteiger partial charge on any atom is -0.346 e. The molecule has 0 bridgehead atoms. The van der Waals surface area contributed by atoms with Gasteiger partial charge in [0, 0.05) is 17.6 Å². The van der Waals surface area contributed by atoms with Crippen LogP contribution < -0.4 is 5.32 Å². The zero-order chi connectivity index (χ0) is 9.90. The molecule has 0 aliphatic heterocycles. The molecular formula is C8H12ClN3O. The van der Waals surface area contributed by atoms with Crippen molar-refractivity contribution in [3.8, 4) is 0 Å². The maximum absolute atomic E-state index is 11.5. The second kappa shape index (κ2) is 3.79. The van der Waals surface area contributed by atoms with Crippen LogP contribution in [0.25, 0.3) is 0 Å². The van der Waals surface area contributed by atoms with Crippen LogP contribution in [0.3, 0.4) is 0 Å². The fourth-order valence-electron chi connectivity index (χ4n) is 0.788. The standard InChI is InChI=1S/C8H12ClN3O/c1-8(2,5-9)12-7(13)6-3-10-11-4-6/h3-4H,5H2,1-2H3,(H,10,11)(H,12,13). The topological polar surface area (TPSA) is 57.8 Å². The minimum absolute atomic E-state index is 0.167. The van der Waals surface area contributed by atoms with Crippen molar-refractivity contribution in [2.24, 2.45) is 0 Å². The Morgan fingerprint density at radius 1 is 1.77 bits per heavy atom. The van der Waals surface area contributed by atoms with E-state index < -0.39 is 5.54 Å². The lowest BCUT2D eigenvalue weighted by atomic mass is 10.1. The molecule has 0 saturated heterocycles. The molecule has 5 heteroatoms. The molecule has 0 saturated carbocycles. The van der Waals surface area contributed by atoms with E-state index in [0.29, 0.717) is 11.4 Å². The molecule has 1 aromatic heterocycles. The van der Waals surface area contributed by atoms with Crippen LogP contribution in [0.4, 0.5) is 0 Å². The molecule has 1 aromatic rings. The van der Waals surface area contributed by atoms with Crippen LogP contribution in [0.2, 0.25) is 0 Å². The number of carbonyl (C=O) groups is 1. The number of carbonyl (C=O) groups excluding carboxylic acids is 1. The zero-order valence-electron chi connectivity index (χ0n) is 7.60. The van der Waals surface area contributed by atoms with Gasteiger partial charge >= 0.3 is 0 Å². The lowest BCUT2D eigenvalue weighted by Crippen LogP contribution is -2.44. The van der Waals surface area contributed by atoms with Crippen molar-refractivity contribution in [2.45, 2.75) is 19.4 Å². The van der Waals surface area contributed by atoms with Crippen LogP contribution >= 0.6 is 11.6 Å². The number of nitrogens with zero attached hydrogens (tertiary/aromatic N) is 1. The number of aromatic nitrogens is 2. The molecule has 0 aliphatic rings. The van der Waals surface area contributed by atoms with Crippen molar-refractivity contribution < 1.29 is 4.79 Å². The largest absolute Gasteiger partial charge is 0.346 e. The number of rotatable bonds is 3. The third-order valence-corrected chi connectivity index (χ3v) is 2.21. The van der Waals surface area contributed by atoms with Gasteiger partial charge in [-0.25, -0.2) is 0 Å². The maximum atomic E-state index is 11.5. The minimum atomic E-state index is -0.393. The number of halogens is 1. The van der Waals surface area contributed by atoms with Crippen molar-refractivity contribution in [3.63, 3.8) is 0 Å². The van der Waals surface area contributed by atoms with Gasteiger partial charge in [-0.3, -0.25) is 9.89 Å². The second-order valence-corrected chi connectivity index (χ2v) is 3.73. The monoisotopic (exact) mass is 201 g/mol. The van der Waals surface area contributed by atoms with E-state index in [1.165, 1.54) is 6.20 Å². The number of aromatic amines is 1. The fraction of sp³-hybridized carbons (Fsp3) is 0.500. The lowest BCUT2D eigenvalue weighted by molar-refractivity contribution is 0.0920. The van der Waals surface area contributed by atoms with Crippen LogP contribution in [0, 0.1) is 0 Å². The van der Waals surface area contributed by atoms with Gasteiger partial charge in [-0.05, 0) is 13.8 Å². The molecular weight excluding hydrogens is 190 g/mol. The molecule has 0 aromatic carbocycles. The molecule has 72 valence electrons. The van der Waals surface area contributed by atoms with Gasteiger partial charge in [-0.2, -0.15) is 5.10 Å². The van der Waals surface area contributed by atoms with Crippen molar-refractivity contribution in [2.75, 3.05) is 5.88 Å². The number of alkyl halides is 1. The van der Waals surface area contributed by atoms with E-state index in [-0.39, 0.29) is 5.91 Å². The average molecular weight is 202 g/mol. The summed E-state index contributed by atoms with van der Waals surface area (Å²) in [6.07, 6.45) is 3.01. The van der Waals surface area contributed by atoms with Gasteiger partial charge in [-0.15, -0.1) is 11.6 Å². The van der Waals surface area contributed by atoms with E-state index in [9.17, 15) is 4.79 Å². The van der Waals surface area contributed by atoms with Crippen molar-refractivity contribution in [3.05, 3.63) is 18.0 Å². The summed E-state index contributed by atoms with van der Waals surface area (Å²) in [5, 5.41) is 9.03. The second-order valence-electron chi connectivity index (χ2n) is 3.46. The Morgan fingerprint density at radius 2 is 2.46 bits per heavy atom.